The Balaban J connectivity index is 2.33. The van der Waals surface area contributed by atoms with Crippen molar-refractivity contribution in [2.75, 3.05) is 13.7 Å². The van der Waals surface area contributed by atoms with Crippen LogP contribution in [0, 0.1) is 11.7 Å². The molecule has 0 bridgehead atoms. The minimum absolute atomic E-state index is 0.0166. The number of hydrogen-bond acceptors (Lipinski definition) is 4. The monoisotopic (exact) mass is 352 g/mol. The third-order valence-corrected chi connectivity index (χ3v) is 4.22. The van der Waals surface area contributed by atoms with E-state index in [9.17, 15) is 9.50 Å². The summed E-state index contributed by atoms with van der Waals surface area (Å²) in [4.78, 5) is 4.39. The molecule has 1 aromatic carbocycles. The number of methoxy groups -OCH3 is 1. The van der Waals surface area contributed by atoms with Gasteiger partial charge in [0.15, 0.2) is 0 Å². The predicted molar refractivity (Wildman–Crippen MR) is 93.7 cm³/mol. The first-order chi connectivity index (χ1) is 11.5. The van der Waals surface area contributed by atoms with Gasteiger partial charge in [0.25, 0.3) is 0 Å². The number of nitrogens with one attached hydrogen (secondary N) is 1. The SMILES string of the molecule is COc1cccc(Cl)c1-c1ccc(F)c(CN[C@@H](CO)C(C)C)n1. The summed E-state index contributed by atoms with van der Waals surface area (Å²) < 4.78 is 19.4. The van der Waals surface area contributed by atoms with Crippen LogP contribution >= 0.6 is 11.6 Å². The van der Waals surface area contributed by atoms with Gasteiger partial charge in [0.1, 0.15) is 11.6 Å². The lowest BCUT2D eigenvalue weighted by Gasteiger charge is -2.20. The zero-order valence-electron chi connectivity index (χ0n) is 14.0. The molecule has 4 nitrogen and oxygen atoms in total. The molecule has 0 fully saturated rings. The molecule has 0 saturated carbocycles. The number of aliphatic hydroxyl groups is 1. The van der Waals surface area contributed by atoms with Gasteiger partial charge in [0.05, 0.1) is 35.7 Å². The number of pyridine rings is 1. The largest absolute Gasteiger partial charge is 0.496 e. The molecular formula is C18H22ClFN2O2. The standard InChI is InChI=1S/C18H22ClFN2O2/c1-11(2)16(10-23)21-9-15-13(20)7-8-14(22-15)18-12(19)5-4-6-17(18)24-3/h4-8,11,16,21,23H,9-10H2,1-3H3/t16-/m0/s1. The number of aromatic nitrogens is 1. The van der Waals surface area contributed by atoms with Crippen LogP contribution in [-0.2, 0) is 6.54 Å². The fraction of sp³-hybridized carbons (Fsp3) is 0.389. The molecule has 0 saturated heterocycles. The highest BCUT2D eigenvalue weighted by atomic mass is 35.5. The molecule has 0 aliphatic carbocycles. The average Bonchev–Trinajstić information content (AvgIpc) is 2.56. The van der Waals surface area contributed by atoms with Crippen molar-refractivity contribution in [1.82, 2.24) is 10.3 Å². The number of hydrogen-bond donors (Lipinski definition) is 2. The zero-order valence-corrected chi connectivity index (χ0v) is 14.8. The van der Waals surface area contributed by atoms with E-state index in [1.807, 2.05) is 13.8 Å². The van der Waals surface area contributed by atoms with E-state index in [1.54, 1.807) is 31.4 Å². The number of benzene rings is 1. The fourth-order valence-corrected chi connectivity index (χ4v) is 2.67. The van der Waals surface area contributed by atoms with Gasteiger partial charge in [-0.3, -0.25) is 0 Å². The lowest BCUT2D eigenvalue weighted by Crippen LogP contribution is -2.36. The highest BCUT2D eigenvalue weighted by Crippen LogP contribution is 2.35. The van der Waals surface area contributed by atoms with Crippen molar-refractivity contribution in [3.05, 3.63) is 46.9 Å². The molecule has 1 heterocycles. The lowest BCUT2D eigenvalue weighted by molar-refractivity contribution is 0.209. The third kappa shape index (κ3) is 4.23. The summed E-state index contributed by atoms with van der Waals surface area (Å²) in [6.07, 6.45) is 0. The molecule has 0 amide bonds. The Morgan fingerprint density at radius 2 is 2.04 bits per heavy atom. The lowest BCUT2D eigenvalue weighted by atomic mass is 10.1. The molecule has 2 N–H and O–H groups in total. The second-order valence-electron chi connectivity index (χ2n) is 5.86. The van der Waals surface area contributed by atoms with Crippen molar-refractivity contribution in [1.29, 1.82) is 0 Å². The van der Waals surface area contributed by atoms with Crippen LogP contribution in [-0.4, -0.2) is 29.8 Å². The van der Waals surface area contributed by atoms with E-state index in [1.165, 1.54) is 6.07 Å². The van der Waals surface area contributed by atoms with Crippen LogP contribution in [0.3, 0.4) is 0 Å². The molecule has 6 heteroatoms. The van der Waals surface area contributed by atoms with Crippen molar-refractivity contribution in [3.8, 4) is 17.0 Å². The van der Waals surface area contributed by atoms with E-state index in [-0.39, 0.29) is 30.8 Å². The maximum atomic E-state index is 14.1. The van der Waals surface area contributed by atoms with Crippen molar-refractivity contribution in [2.24, 2.45) is 5.92 Å². The fourth-order valence-electron chi connectivity index (χ4n) is 2.41. The summed E-state index contributed by atoms with van der Waals surface area (Å²) in [6, 6.07) is 8.13. The minimum atomic E-state index is -0.405. The van der Waals surface area contributed by atoms with Gasteiger partial charge < -0.3 is 15.2 Å². The van der Waals surface area contributed by atoms with Gasteiger partial charge in [-0.05, 0) is 30.2 Å². The second-order valence-corrected chi connectivity index (χ2v) is 6.26. The van der Waals surface area contributed by atoms with Crippen molar-refractivity contribution >= 4 is 11.6 Å². The molecular weight excluding hydrogens is 331 g/mol. The maximum Gasteiger partial charge on any atom is 0.146 e. The predicted octanol–water partition coefficient (Wildman–Crippen LogP) is 3.66. The van der Waals surface area contributed by atoms with E-state index in [2.05, 4.69) is 10.3 Å². The summed E-state index contributed by atoms with van der Waals surface area (Å²) in [6.45, 7) is 4.18. The summed E-state index contributed by atoms with van der Waals surface area (Å²) in [5.74, 6) is 0.401. The van der Waals surface area contributed by atoms with Gasteiger partial charge in [-0.1, -0.05) is 31.5 Å². The van der Waals surface area contributed by atoms with Crippen molar-refractivity contribution < 1.29 is 14.2 Å². The molecule has 2 rings (SSSR count). The normalized spacial score (nSPS) is 12.5. The second kappa shape index (κ2) is 8.42. The van der Waals surface area contributed by atoms with Crippen LogP contribution in [0.15, 0.2) is 30.3 Å². The first-order valence-corrected chi connectivity index (χ1v) is 8.18. The smallest absolute Gasteiger partial charge is 0.146 e. The van der Waals surface area contributed by atoms with Gasteiger partial charge >= 0.3 is 0 Å². The van der Waals surface area contributed by atoms with E-state index in [0.29, 0.717) is 22.0 Å². The highest BCUT2D eigenvalue weighted by molar-refractivity contribution is 6.33. The quantitative estimate of drug-likeness (QED) is 0.798. The molecule has 2 aromatic rings. The molecule has 0 aliphatic heterocycles. The van der Waals surface area contributed by atoms with E-state index in [4.69, 9.17) is 16.3 Å². The Hall–Kier alpha value is -1.69. The number of rotatable bonds is 7. The van der Waals surface area contributed by atoms with Crippen LogP contribution in [0.1, 0.15) is 19.5 Å². The topological polar surface area (TPSA) is 54.4 Å². The number of halogens is 2. The highest BCUT2D eigenvalue weighted by Gasteiger charge is 2.16. The van der Waals surface area contributed by atoms with Crippen LogP contribution in [0.2, 0.25) is 5.02 Å². The molecule has 1 atom stereocenters. The third-order valence-electron chi connectivity index (χ3n) is 3.90. The van der Waals surface area contributed by atoms with E-state index in [0.717, 1.165) is 0 Å². The molecule has 24 heavy (non-hydrogen) atoms. The Kier molecular flexibility index (Phi) is 6.54. The molecule has 0 unspecified atom stereocenters. The van der Waals surface area contributed by atoms with E-state index >= 15 is 0 Å². The first kappa shape index (κ1) is 18.6. The maximum absolute atomic E-state index is 14.1. The van der Waals surface area contributed by atoms with Crippen LogP contribution in [0.25, 0.3) is 11.3 Å². The van der Waals surface area contributed by atoms with Gasteiger partial charge in [-0.2, -0.15) is 0 Å². The zero-order chi connectivity index (χ0) is 17.7. The number of ether oxygens (including phenoxy) is 1. The summed E-state index contributed by atoms with van der Waals surface area (Å²) in [7, 11) is 1.55. The van der Waals surface area contributed by atoms with Crippen molar-refractivity contribution in [3.63, 3.8) is 0 Å². The van der Waals surface area contributed by atoms with Crippen LogP contribution in [0.4, 0.5) is 4.39 Å². The van der Waals surface area contributed by atoms with Gasteiger partial charge in [0.2, 0.25) is 0 Å². The number of aliphatic hydroxyl groups excluding tert-OH is 1. The molecule has 130 valence electrons. The molecule has 0 spiro atoms. The summed E-state index contributed by atoms with van der Waals surface area (Å²) in [5, 5.41) is 13.0. The summed E-state index contributed by atoms with van der Waals surface area (Å²) >= 11 is 6.26. The number of nitrogens with zero attached hydrogens (tertiary/aromatic N) is 1. The Morgan fingerprint density at radius 1 is 1.29 bits per heavy atom. The summed E-state index contributed by atoms with van der Waals surface area (Å²) in [5.41, 5.74) is 1.44. The Morgan fingerprint density at radius 3 is 2.67 bits per heavy atom. The molecule has 1 aromatic heterocycles. The Bertz CT molecular complexity index is 695. The van der Waals surface area contributed by atoms with Gasteiger partial charge in [0, 0.05) is 12.6 Å². The van der Waals surface area contributed by atoms with Crippen LogP contribution < -0.4 is 10.1 Å². The minimum Gasteiger partial charge on any atom is -0.496 e. The van der Waals surface area contributed by atoms with Gasteiger partial charge in [-0.15, -0.1) is 0 Å². The average molecular weight is 353 g/mol. The van der Waals surface area contributed by atoms with Crippen molar-refractivity contribution in [2.45, 2.75) is 26.4 Å². The Labute approximate surface area is 146 Å². The molecule has 0 radical (unpaired) electrons. The van der Waals surface area contributed by atoms with E-state index < -0.39 is 5.82 Å². The van der Waals surface area contributed by atoms with Gasteiger partial charge in [-0.25, -0.2) is 9.37 Å². The first-order valence-electron chi connectivity index (χ1n) is 7.80. The van der Waals surface area contributed by atoms with Crippen LogP contribution in [0.5, 0.6) is 5.75 Å². The molecule has 0 aliphatic rings.